The van der Waals surface area contributed by atoms with Gasteiger partial charge in [0.2, 0.25) is 0 Å². The van der Waals surface area contributed by atoms with Crippen molar-refractivity contribution in [3.05, 3.63) is 53.1 Å². The molecule has 0 atom stereocenters. The molecule has 1 aromatic carbocycles. The molecule has 0 aliphatic heterocycles. The smallest absolute Gasteiger partial charge is 0.260 e. The van der Waals surface area contributed by atoms with Crippen LogP contribution in [0.4, 0.5) is 15.8 Å². The number of hydrogen-bond acceptors (Lipinski definition) is 3. The highest BCUT2D eigenvalue weighted by Crippen LogP contribution is 2.20. The molecule has 0 saturated carbocycles. The van der Waals surface area contributed by atoms with E-state index in [0.717, 1.165) is 0 Å². The van der Waals surface area contributed by atoms with E-state index in [4.69, 9.17) is 17.3 Å². The lowest BCUT2D eigenvalue weighted by atomic mass is 10.2. The SMILES string of the molecule is CN(C(=O)c1cc(Cl)ncc1N)c1ccc(F)cc1. The normalized spacial score (nSPS) is 10.3. The molecule has 4 nitrogen and oxygen atoms in total. The van der Waals surface area contributed by atoms with Gasteiger partial charge in [0.05, 0.1) is 17.4 Å². The van der Waals surface area contributed by atoms with Crippen molar-refractivity contribution in [3.63, 3.8) is 0 Å². The molecular weight excluding hydrogens is 269 g/mol. The Bertz CT molecular complexity index is 616. The van der Waals surface area contributed by atoms with Crippen LogP contribution in [0.5, 0.6) is 0 Å². The second-order valence-electron chi connectivity index (χ2n) is 3.93. The molecular formula is C13H11ClFN3O. The fraction of sp³-hybridized carbons (Fsp3) is 0.0769. The first-order valence-corrected chi connectivity index (χ1v) is 5.81. The largest absolute Gasteiger partial charge is 0.397 e. The van der Waals surface area contributed by atoms with Gasteiger partial charge in [-0.1, -0.05) is 11.6 Å². The Morgan fingerprint density at radius 1 is 1.37 bits per heavy atom. The summed E-state index contributed by atoms with van der Waals surface area (Å²) in [5, 5.41) is 0.185. The number of nitrogens with zero attached hydrogens (tertiary/aromatic N) is 2. The number of rotatable bonds is 2. The maximum absolute atomic E-state index is 12.8. The van der Waals surface area contributed by atoms with Crippen LogP contribution in [0.3, 0.4) is 0 Å². The molecule has 6 heteroatoms. The van der Waals surface area contributed by atoms with Gasteiger partial charge in [-0.3, -0.25) is 4.79 Å². The average molecular weight is 280 g/mol. The van der Waals surface area contributed by atoms with Gasteiger partial charge in [-0.15, -0.1) is 0 Å². The second kappa shape index (κ2) is 5.24. The Labute approximate surface area is 114 Å². The molecule has 2 N–H and O–H groups in total. The molecule has 2 rings (SSSR count). The monoisotopic (exact) mass is 279 g/mol. The number of pyridine rings is 1. The van der Waals surface area contributed by atoms with E-state index in [9.17, 15) is 9.18 Å². The third-order valence-corrected chi connectivity index (χ3v) is 2.86. The van der Waals surface area contributed by atoms with E-state index in [1.165, 1.54) is 41.4 Å². The van der Waals surface area contributed by atoms with E-state index < -0.39 is 0 Å². The van der Waals surface area contributed by atoms with Crippen LogP contribution in [0.25, 0.3) is 0 Å². The molecule has 98 valence electrons. The Hall–Kier alpha value is -2.14. The molecule has 19 heavy (non-hydrogen) atoms. The van der Waals surface area contributed by atoms with Crippen molar-refractivity contribution >= 4 is 28.9 Å². The van der Waals surface area contributed by atoms with Crippen molar-refractivity contribution in [2.75, 3.05) is 17.7 Å². The lowest BCUT2D eigenvalue weighted by Gasteiger charge is -2.18. The molecule has 1 amide bonds. The molecule has 0 fully saturated rings. The second-order valence-corrected chi connectivity index (χ2v) is 4.32. The van der Waals surface area contributed by atoms with Gasteiger partial charge in [0.1, 0.15) is 11.0 Å². The van der Waals surface area contributed by atoms with E-state index in [2.05, 4.69) is 4.98 Å². The summed E-state index contributed by atoms with van der Waals surface area (Å²) in [6.45, 7) is 0. The minimum Gasteiger partial charge on any atom is -0.397 e. The Kier molecular flexibility index (Phi) is 3.66. The number of amides is 1. The maximum Gasteiger partial charge on any atom is 0.260 e. The highest BCUT2D eigenvalue weighted by Gasteiger charge is 2.17. The van der Waals surface area contributed by atoms with E-state index >= 15 is 0 Å². The quantitative estimate of drug-likeness (QED) is 0.860. The predicted molar refractivity (Wildman–Crippen MR) is 72.8 cm³/mol. The summed E-state index contributed by atoms with van der Waals surface area (Å²) >= 11 is 5.75. The summed E-state index contributed by atoms with van der Waals surface area (Å²) in [5.74, 6) is -0.704. The van der Waals surface area contributed by atoms with Gasteiger partial charge in [-0.2, -0.15) is 0 Å². The zero-order valence-corrected chi connectivity index (χ0v) is 10.9. The number of halogens is 2. The third kappa shape index (κ3) is 2.82. The number of aromatic nitrogens is 1. The Morgan fingerprint density at radius 3 is 2.63 bits per heavy atom. The van der Waals surface area contributed by atoms with E-state index in [-0.39, 0.29) is 28.1 Å². The highest BCUT2D eigenvalue weighted by molar-refractivity contribution is 6.30. The van der Waals surface area contributed by atoms with Crippen LogP contribution < -0.4 is 10.6 Å². The fourth-order valence-corrected chi connectivity index (χ4v) is 1.75. The number of hydrogen-bond donors (Lipinski definition) is 1. The first-order valence-electron chi connectivity index (χ1n) is 5.43. The first-order chi connectivity index (χ1) is 8.99. The molecule has 0 spiro atoms. The van der Waals surface area contributed by atoms with Crippen LogP contribution in [-0.4, -0.2) is 17.9 Å². The molecule has 0 aliphatic carbocycles. The Morgan fingerprint density at radius 2 is 2.00 bits per heavy atom. The van der Waals surface area contributed by atoms with Gasteiger partial charge in [0, 0.05) is 12.7 Å². The van der Waals surface area contributed by atoms with Crippen molar-refractivity contribution in [1.29, 1.82) is 0 Å². The summed E-state index contributed by atoms with van der Waals surface area (Å²) < 4.78 is 12.8. The van der Waals surface area contributed by atoms with Crippen molar-refractivity contribution in [3.8, 4) is 0 Å². The molecule has 0 bridgehead atoms. The van der Waals surface area contributed by atoms with E-state index in [0.29, 0.717) is 5.69 Å². The van der Waals surface area contributed by atoms with Gasteiger partial charge in [0.25, 0.3) is 5.91 Å². The summed E-state index contributed by atoms with van der Waals surface area (Å²) in [6, 6.07) is 6.97. The number of carbonyl (C=O) groups excluding carboxylic acids is 1. The van der Waals surface area contributed by atoms with Crippen molar-refractivity contribution < 1.29 is 9.18 Å². The maximum atomic E-state index is 12.8. The zero-order valence-electron chi connectivity index (χ0n) is 10.1. The zero-order chi connectivity index (χ0) is 14.0. The van der Waals surface area contributed by atoms with Crippen LogP contribution in [0.1, 0.15) is 10.4 Å². The van der Waals surface area contributed by atoms with Crippen LogP contribution >= 0.6 is 11.6 Å². The number of benzene rings is 1. The summed E-state index contributed by atoms with van der Waals surface area (Å²) in [7, 11) is 1.57. The van der Waals surface area contributed by atoms with Gasteiger partial charge in [-0.25, -0.2) is 9.37 Å². The molecule has 1 aromatic heterocycles. The summed E-state index contributed by atoms with van der Waals surface area (Å²) in [6.07, 6.45) is 1.33. The molecule has 1 heterocycles. The fourth-order valence-electron chi connectivity index (χ4n) is 1.59. The molecule has 2 aromatic rings. The minimum atomic E-state index is -0.365. The number of nitrogen functional groups attached to an aromatic ring is 1. The molecule has 0 unspecified atom stereocenters. The standard InChI is InChI=1S/C13H11ClFN3O/c1-18(9-4-2-8(15)3-5-9)13(19)10-6-12(14)17-7-11(10)16/h2-7H,16H2,1H3. The van der Waals surface area contributed by atoms with Crippen molar-refractivity contribution in [2.24, 2.45) is 0 Å². The van der Waals surface area contributed by atoms with Crippen LogP contribution in [0.15, 0.2) is 36.5 Å². The number of nitrogens with two attached hydrogens (primary N) is 1. The third-order valence-electron chi connectivity index (χ3n) is 2.65. The Balaban J connectivity index is 2.33. The van der Waals surface area contributed by atoms with Crippen molar-refractivity contribution in [1.82, 2.24) is 4.98 Å². The topological polar surface area (TPSA) is 59.2 Å². The molecule has 0 aliphatic rings. The lowest BCUT2D eigenvalue weighted by molar-refractivity contribution is 0.0993. The lowest BCUT2D eigenvalue weighted by Crippen LogP contribution is -2.27. The van der Waals surface area contributed by atoms with Crippen molar-refractivity contribution in [2.45, 2.75) is 0 Å². The number of carbonyl (C=O) groups is 1. The van der Waals surface area contributed by atoms with Crippen LogP contribution in [0, 0.1) is 5.82 Å². The van der Waals surface area contributed by atoms with Gasteiger partial charge in [-0.05, 0) is 30.3 Å². The molecule has 0 saturated heterocycles. The molecule has 0 radical (unpaired) electrons. The van der Waals surface area contributed by atoms with Gasteiger partial charge >= 0.3 is 0 Å². The van der Waals surface area contributed by atoms with Crippen LogP contribution in [0.2, 0.25) is 5.15 Å². The van der Waals surface area contributed by atoms with Gasteiger partial charge in [0.15, 0.2) is 0 Å². The van der Waals surface area contributed by atoms with Gasteiger partial charge < -0.3 is 10.6 Å². The van der Waals surface area contributed by atoms with E-state index in [1.807, 2.05) is 0 Å². The average Bonchev–Trinajstić information content (AvgIpc) is 2.41. The predicted octanol–water partition coefficient (Wildman–Crippen LogP) is 2.73. The highest BCUT2D eigenvalue weighted by atomic mass is 35.5. The first kappa shape index (κ1) is 13.3. The van der Waals surface area contributed by atoms with Crippen LogP contribution in [-0.2, 0) is 0 Å². The minimum absolute atomic E-state index is 0.185. The number of anilines is 2. The summed E-state index contributed by atoms with van der Waals surface area (Å²) in [4.78, 5) is 17.4. The van der Waals surface area contributed by atoms with E-state index in [1.54, 1.807) is 7.05 Å². The summed E-state index contributed by atoms with van der Waals surface area (Å²) in [5.41, 5.74) is 6.75.